The van der Waals surface area contributed by atoms with Crippen LogP contribution in [0.2, 0.25) is 5.02 Å². The van der Waals surface area contributed by atoms with Crippen LogP contribution < -0.4 is 10.2 Å². The van der Waals surface area contributed by atoms with Crippen molar-refractivity contribution in [2.45, 2.75) is 19.4 Å². The van der Waals surface area contributed by atoms with Crippen LogP contribution in [0.25, 0.3) is 0 Å². The van der Waals surface area contributed by atoms with E-state index in [0.717, 1.165) is 36.2 Å². The monoisotopic (exact) mass is 287 g/mol. The van der Waals surface area contributed by atoms with Gasteiger partial charge in [0.05, 0.1) is 11.9 Å². The third kappa shape index (κ3) is 3.23. The maximum atomic E-state index is 5.97. The van der Waals surface area contributed by atoms with E-state index in [0.29, 0.717) is 0 Å². The van der Waals surface area contributed by atoms with Gasteiger partial charge in [0.2, 0.25) is 0 Å². The average Bonchev–Trinajstić information content (AvgIpc) is 3.00. The molecule has 1 N–H and O–H groups in total. The molecule has 0 unspecified atom stereocenters. The smallest absolute Gasteiger partial charge is 0.128 e. The lowest BCUT2D eigenvalue weighted by atomic mass is 10.2. The van der Waals surface area contributed by atoms with E-state index in [1.807, 2.05) is 24.4 Å². The minimum Gasteiger partial charge on any atom is -0.380 e. The fourth-order valence-corrected chi connectivity index (χ4v) is 2.69. The first-order valence-electron chi connectivity index (χ1n) is 7.00. The molecule has 1 aliphatic rings. The van der Waals surface area contributed by atoms with Gasteiger partial charge in [-0.25, -0.2) is 4.98 Å². The highest BCUT2D eigenvalue weighted by molar-refractivity contribution is 6.30. The Balaban J connectivity index is 1.60. The third-order valence-electron chi connectivity index (χ3n) is 3.56. The molecule has 0 saturated carbocycles. The standard InChI is InChI=1S/C16H18ClN3/c17-14-5-3-4-13(10-14)11-18-15-6-7-16(19-12-15)20-8-1-2-9-20/h3-7,10,12,18H,1-2,8-9,11H2. The van der Waals surface area contributed by atoms with E-state index in [1.165, 1.54) is 18.4 Å². The summed E-state index contributed by atoms with van der Waals surface area (Å²) in [4.78, 5) is 6.86. The zero-order chi connectivity index (χ0) is 13.8. The van der Waals surface area contributed by atoms with E-state index in [2.05, 4.69) is 33.4 Å². The molecule has 2 heterocycles. The number of halogens is 1. The van der Waals surface area contributed by atoms with Gasteiger partial charge in [0, 0.05) is 24.7 Å². The van der Waals surface area contributed by atoms with Crippen LogP contribution in [0, 0.1) is 0 Å². The molecular formula is C16H18ClN3. The average molecular weight is 288 g/mol. The van der Waals surface area contributed by atoms with Crippen molar-refractivity contribution in [2.24, 2.45) is 0 Å². The van der Waals surface area contributed by atoms with Crippen LogP contribution in [0.4, 0.5) is 11.5 Å². The van der Waals surface area contributed by atoms with Gasteiger partial charge in [-0.05, 0) is 42.7 Å². The predicted octanol–water partition coefficient (Wildman–Crippen LogP) is 3.95. The lowest BCUT2D eigenvalue weighted by Crippen LogP contribution is -2.18. The first-order valence-corrected chi connectivity index (χ1v) is 7.38. The maximum absolute atomic E-state index is 5.97. The van der Waals surface area contributed by atoms with Crippen LogP contribution in [-0.4, -0.2) is 18.1 Å². The molecule has 0 atom stereocenters. The summed E-state index contributed by atoms with van der Waals surface area (Å²) in [5.41, 5.74) is 2.20. The van der Waals surface area contributed by atoms with Crippen LogP contribution in [0.1, 0.15) is 18.4 Å². The van der Waals surface area contributed by atoms with E-state index in [-0.39, 0.29) is 0 Å². The highest BCUT2D eigenvalue weighted by atomic mass is 35.5. The van der Waals surface area contributed by atoms with E-state index in [1.54, 1.807) is 0 Å². The first-order chi connectivity index (χ1) is 9.81. The fraction of sp³-hybridized carbons (Fsp3) is 0.312. The van der Waals surface area contributed by atoms with Gasteiger partial charge in [0.25, 0.3) is 0 Å². The van der Waals surface area contributed by atoms with E-state index >= 15 is 0 Å². The molecule has 0 radical (unpaired) electrons. The van der Waals surface area contributed by atoms with Crippen LogP contribution in [0.15, 0.2) is 42.6 Å². The molecule has 0 spiro atoms. The summed E-state index contributed by atoms with van der Waals surface area (Å²) in [5, 5.41) is 4.14. The number of benzene rings is 1. The SMILES string of the molecule is Clc1cccc(CNc2ccc(N3CCCC3)nc2)c1. The summed E-state index contributed by atoms with van der Waals surface area (Å²) in [5.74, 6) is 1.08. The highest BCUT2D eigenvalue weighted by Crippen LogP contribution is 2.19. The Hall–Kier alpha value is -1.74. The second-order valence-corrected chi connectivity index (χ2v) is 5.52. The molecule has 2 aromatic rings. The van der Waals surface area contributed by atoms with Gasteiger partial charge >= 0.3 is 0 Å². The molecule has 1 aromatic heterocycles. The molecular weight excluding hydrogens is 270 g/mol. The van der Waals surface area contributed by atoms with Crippen molar-refractivity contribution in [1.29, 1.82) is 0 Å². The highest BCUT2D eigenvalue weighted by Gasteiger charge is 2.12. The number of hydrogen-bond acceptors (Lipinski definition) is 3. The number of pyridine rings is 1. The molecule has 104 valence electrons. The minimum absolute atomic E-state index is 0.755. The van der Waals surface area contributed by atoms with Crippen molar-refractivity contribution in [2.75, 3.05) is 23.3 Å². The number of aromatic nitrogens is 1. The summed E-state index contributed by atoms with van der Waals surface area (Å²) in [6, 6.07) is 12.1. The van der Waals surface area contributed by atoms with Gasteiger partial charge in [-0.1, -0.05) is 23.7 Å². The Morgan fingerprint density at radius 2 is 2.00 bits per heavy atom. The zero-order valence-corrected chi connectivity index (χ0v) is 12.1. The van der Waals surface area contributed by atoms with Gasteiger partial charge in [-0.15, -0.1) is 0 Å². The lowest BCUT2D eigenvalue weighted by molar-refractivity contribution is 0.937. The largest absolute Gasteiger partial charge is 0.380 e. The summed E-state index contributed by atoms with van der Waals surface area (Å²) in [6.07, 6.45) is 4.45. The number of rotatable bonds is 4. The molecule has 4 heteroatoms. The Bertz CT molecular complexity index is 562. The van der Waals surface area contributed by atoms with Crippen molar-refractivity contribution in [1.82, 2.24) is 4.98 Å². The second-order valence-electron chi connectivity index (χ2n) is 5.08. The van der Waals surface area contributed by atoms with Gasteiger partial charge in [-0.2, -0.15) is 0 Å². The molecule has 1 fully saturated rings. The lowest BCUT2D eigenvalue weighted by Gasteiger charge is -2.16. The van der Waals surface area contributed by atoms with Gasteiger partial charge in [0.15, 0.2) is 0 Å². The molecule has 3 nitrogen and oxygen atoms in total. The predicted molar refractivity (Wildman–Crippen MR) is 84.5 cm³/mol. The number of anilines is 2. The van der Waals surface area contributed by atoms with Crippen molar-refractivity contribution in [3.8, 4) is 0 Å². The summed E-state index contributed by atoms with van der Waals surface area (Å²) in [7, 11) is 0. The fourth-order valence-electron chi connectivity index (χ4n) is 2.47. The molecule has 20 heavy (non-hydrogen) atoms. The van der Waals surface area contributed by atoms with Gasteiger partial charge < -0.3 is 10.2 Å². The number of hydrogen-bond donors (Lipinski definition) is 1. The molecule has 3 rings (SSSR count). The van der Waals surface area contributed by atoms with Gasteiger partial charge in [0.1, 0.15) is 5.82 Å². The van der Waals surface area contributed by atoms with Crippen molar-refractivity contribution in [3.05, 3.63) is 53.2 Å². The molecule has 0 aliphatic carbocycles. The minimum atomic E-state index is 0.755. The second kappa shape index (κ2) is 6.14. The Morgan fingerprint density at radius 1 is 1.15 bits per heavy atom. The van der Waals surface area contributed by atoms with Crippen LogP contribution in [0.3, 0.4) is 0 Å². The van der Waals surface area contributed by atoms with Crippen molar-refractivity contribution in [3.63, 3.8) is 0 Å². The summed E-state index contributed by atoms with van der Waals surface area (Å²) in [6.45, 7) is 3.01. The molecule has 0 amide bonds. The summed E-state index contributed by atoms with van der Waals surface area (Å²) < 4.78 is 0. The Kier molecular flexibility index (Phi) is 4.07. The van der Waals surface area contributed by atoms with Crippen LogP contribution in [0.5, 0.6) is 0 Å². The Morgan fingerprint density at radius 3 is 2.70 bits per heavy atom. The molecule has 1 aromatic carbocycles. The normalized spacial score (nSPS) is 14.6. The molecule has 0 bridgehead atoms. The number of nitrogens with zero attached hydrogens (tertiary/aromatic N) is 2. The quantitative estimate of drug-likeness (QED) is 0.923. The third-order valence-corrected chi connectivity index (χ3v) is 3.80. The van der Waals surface area contributed by atoms with Crippen LogP contribution >= 0.6 is 11.6 Å². The topological polar surface area (TPSA) is 28.2 Å². The van der Waals surface area contributed by atoms with Gasteiger partial charge in [-0.3, -0.25) is 0 Å². The number of nitrogens with one attached hydrogen (secondary N) is 1. The Labute approximate surface area is 124 Å². The van der Waals surface area contributed by atoms with Crippen LogP contribution in [-0.2, 0) is 6.54 Å². The maximum Gasteiger partial charge on any atom is 0.128 e. The van der Waals surface area contributed by atoms with Crippen molar-refractivity contribution >= 4 is 23.1 Å². The molecule has 1 saturated heterocycles. The first kappa shape index (κ1) is 13.3. The summed E-state index contributed by atoms with van der Waals surface area (Å²) >= 11 is 5.97. The van der Waals surface area contributed by atoms with E-state index < -0.39 is 0 Å². The van der Waals surface area contributed by atoms with E-state index in [4.69, 9.17) is 11.6 Å². The molecule has 1 aliphatic heterocycles. The van der Waals surface area contributed by atoms with E-state index in [9.17, 15) is 0 Å². The van der Waals surface area contributed by atoms with Crippen molar-refractivity contribution < 1.29 is 0 Å². The zero-order valence-electron chi connectivity index (χ0n) is 11.3.